The van der Waals surface area contributed by atoms with Crippen molar-refractivity contribution in [2.75, 3.05) is 20.1 Å². The lowest BCUT2D eigenvalue weighted by Crippen LogP contribution is -2.29. The van der Waals surface area contributed by atoms with Gasteiger partial charge in [-0.25, -0.2) is 12.7 Å². The molecule has 0 spiro atoms. The van der Waals surface area contributed by atoms with E-state index < -0.39 is 20.6 Å². The van der Waals surface area contributed by atoms with Crippen molar-refractivity contribution in [2.24, 2.45) is 5.73 Å². The maximum atomic E-state index is 12.1. The molecule has 9 heteroatoms. The molecule has 0 fully saturated rings. The molecule has 7 nitrogen and oxygen atoms in total. The third kappa shape index (κ3) is 4.13. The number of hydrogen-bond acceptors (Lipinski definition) is 5. The summed E-state index contributed by atoms with van der Waals surface area (Å²) in [5.41, 5.74) is 4.89. The van der Waals surface area contributed by atoms with Crippen LogP contribution in [-0.2, 0) is 10.0 Å². The standard InChI is InChI=1S/C10H15N3O4S.ClH/c1-12(8-4-7-11)18(16,17)10-6-3-2-5-9(10)13(14)15;/h2-3,5-6H,4,7-8,11H2,1H3;1H. The van der Waals surface area contributed by atoms with Crippen LogP contribution in [0.3, 0.4) is 0 Å². The molecular weight excluding hydrogens is 294 g/mol. The highest BCUT2D eigenvalue weighted by Crippen LogP contribution is 2.25. The zero-order valence-corrected chi connectivity index (χ0v) is 12.0. The van der Waals surface area contributed by atoms with Gasteiger partial charge in [0.2, 0.25) is 10.0 Å². The van der Waals surface area contributed by atoms with E-state index in [-0.39, 0.29) is 23.8 Å². The van der Waals surface area contributed by atoms with E-state index in [1.165, 1.54) is 31.3 Å². The van der Waals surface area contributed by atoms with Gasteiger partial charge >= 0.3 is 0 Å². The van der Waals surface area contributed by atoms with Crippen molar-refractivity contribution in [2.45, 2.75) is 11.3 Å². The Balaban J connectivity index is 0.00000324. The Morgan fingerprint density at radius 2 is 1.95 bits per heavy atom. The van der Waals surface area contributed by atoms with Crippen LogP contribution < -0.4 is 5.73 Å². The third-order valence-corrected chi connectivity index (χ3v) is 4.33. The van der Waals surface area contributed by atoms with Gasteiger partial charge in [0.05, 0.1) is 4.92 Å². The first kappa shape index (κ1) is 17.8. The molecule has 1 aromatic rings. The predicted molar refractivity (Wildman–Crippen MR) is 73.8 cm³/mol. The Kier molecular flexibility index (Phi) is 6.91. The largest absolute Gasteiger partial charge is 0.330 e. The zero-order chi connectivity index (χ0) is 13.8. The minimum absolute atomic E-state index is 0. The van der Waals surface area contributed by atoms with E-state index in [9.17, 15) is 18.5 Å². The molecule has 0 heterocycles. The summed E-state index contributed by atoms with van der Waals surface area (Å²) < 4.78 is 25.4. The molecule has 2 N–H and O–H groups in total. The second-order valence-corrected chi connectivity index (χ2v) is 5.71. The quantitative estimate of drug-likeness (QED) is 0.623. The summed E-state index contributed by atoms with van der Waals surface area (Å²) >= 11 is 0. The van der Waals surface area contributed by atoms with Gasteiger partial charge < -0.3 is 5.73 Å². The molecule has 0 saturated carbocycles. The van der Waals surface area contributed by atoms with E-state index in [1.807, 2.05) is 0 Å². The molecule has 0 radical (unpaired) electrons. The lowest BCUT2D eigenvalue weighted by Gasteiger charge is -2.16. The highest BCUT2D eigenvalue weighted by Gasteiger charge is 2.28. The average Bonchev–Trinajstić information content (AvgIpc) is 2.35. The molecule has 108 valence electrons. The van der Waals surface area contributed by atoms with Crippen molar-refractivity contribution in [3.8, 4) is 0 Å². The Bertz CT molecular complexity index is 535. The monoisotopic (exact) mass is 309 g/mol. The number of hydrogen-bond donors (Lipinski definition) is 1. The second kappa shape index (κ2) is 7.39. The molecule has 0 aliphatic carbocycles. The molecule has 1 rings (SSSR count). The molecule has 0 unspecified atom stereocenters. The number of para-hydroxylation sites is 1. The van der Waals surface area contributed by atoms with Crippen LogP contribution in [-0.4, -0.2) is 37.8 Å². The summed E-state index contributed by atoms with van der Waals surface area (Å²) in [5.74, 6) is 0. The van der Waals surface area contributed by atoms with Crippen molar-refractivity contribution < 1.29 is 13.3 Å². The number of nitro groups is 1. The summed E-state index contributed by atoms with van der Waals surface area (Å²) in [6, 6.07) is 5.28. The highest BCUT2D eigenvalue weighted by molar-refractivity contribution is 7.89. The highest BCUT2D eigenvalue weighted by atomic mass is 35.5. The molecule has 0 atom stereocenters. The van der Waals surface area contributed by atoms with E-state index in [0.717, 1.165) is 4.31 Å². The maximum Gasteiger partial charge on any atom is 0.289 e. The molecule has 0 aromatic heterocycles. The van der Waals surface area contributed by atoms with Crippen LogP contribution >= 0.6 is 12.4 Å². The minimum atomic E-state index is -3.85. The molecule has 0 bridgehead atoms. The number of halogens is 1. The number of nitro benzene ring substituents is 1. The van der Waals surface area contributed by atoms with Gasteiger partial charge in [0.25, 0.3) is 5.69 Å². The molecule has 19 heavy (non-hydrogen) atoms. The van der Waals surface area contributed by atoms with Crippen LogP contribution in [0.15, 0.2) is 29.2 Å². The first-order valence-electron chi connectivity index (χ1n) is 5.31. The van der Waals surface area contributed by atoms with E-state index in [2.05, 4.69) is 0 Å². The van der Waals surface area contributed by atoms with Crippen molar-refractivity contribution in [1.82, 2.24) is 4.31 Å². The number of rotatable bonds is 6. The molecule has 0 amide bonds. The Morgan fingerprint density at radius 1 is 1.37 bits per heavy atom. The normalized spacial score (nSPS) is 11.1. The van der Waals surface area contributed by atoms with Crippen LogP contribution in [0.4, 0.5) is 5.69 Å². The lowest BCUT2D eigenvalue weighted by atomic mass is 10.3. The van der Waals surface area contributed by atoms with E-state index in [1.54, 1.807) is 0 Å². The van der Waals surface area contributed by atoms with Gasteiger partial charge in [-0.2, -0.15) is 0 Å². The second-order valence-electron chi connectivity index (χ2n) is 3.69. The summed E-state index contributed by atoms with van der Waals surface area (Å²) in [7, 11) is -2.47. The van der Waals surface area contributed by atoms with E-state index in [4.69, 9.17) is 5.73 Å². The van der Waals surface area contributed by atoms with Gasteiger partial charge in [0, 0.05) is 19.7 Å². The SMILES string of the molecule is CN(CCCN)S(=O)(=O)c1ccccc1[N+](=O)[O-].Cl. The van der Waals surface area contributed by atoms with Crippen LogP contribution in [0.25, 0.3) is 0 Å². The lowest BCUT2D eigenvalue weighted by molar-refractivity contribution is -0.387. The van der Waals surface area contributed by atoms with Crippen molar-refractivity contribution in [1.29, 1.82) is 0 Å². The molecule has 0 aliphatic rings. The summed E-state index contributed by atoms with van der Waals surface area (Å²) in [4.78, 5) is 9.81. The van der Waals surface area contributed by atoms with E-state index >= 15 is 0 Å². The Hall–Kier alpha value is -1.22. The van der Waals surface area contributed by atoms with Gasteiger partial charge in [-0.3, -0.25) is 10.1 Å². The first-order chi connectivity index (χ1) is 8.41. The maximum absolute atomic E-state index is 12.1. The van der Waals surface area contributed by atoms with Crippen molar-refractivity contribution in [3.05, 3.63) is 34.4 Å². The van der Waals surface area contributed by atoms with Gasteiger partial charge in [0.1, 0.15) is 0 Å². The number of sulfonamides is 1. The Morgan fingerprint density at radius 3 is 2.47 bits per heavy atom. The summed E-state index contributed by atoms with van der Waals surface area (Å²) in [6.07, 6.45) is 0.496. The number of nitrogens with zero attached hydrogens (tertiary/aromatic N) is 2. The molecular formula is C10H16ClN3O4S. The van der Waals surface area contributed by atoms with Crippen molar-refractivity contribution >= 4 is 28.1 Å². The Labute approximate surface area is 118 Å². The van der Waals surface area contributed by atoms with Gasteiger partial charge in [-0.05, 0) is 19.0 Å². The van der Waals surface area contributed by atoms with Crippen LogP contribution in [0.2, 0.25) is 0 Å². The molecule has 1 aromatic carbocycles. The van der Waals surface area contributed by atoms with Crippen LogP contribution in [0, 0.1) is 10.1 Å². The third-order valence-electron chi connectivity index (χ3n) is 2.43. The van der Waals surface area contributed by atoms with Crippen LogP contribution in [0.5, 0.6) is 0 Å². The fourth-order valence-electron chi connectivity index (χ4n) is 1.43. The predicted octanol–water partition coefficient (Wildman–Crippen LogP) is 0.986. The number of benzene rings is 1. The fraction of sp³-hybridized carbons (Fsp3) is 0.400. The number of nitrogens with two attached hydrogens (primary N) is 1. The average molecular weight is 310 g/mol. The van der Waals surface area contributed by atoms with Gasteiger partial charge in [0.15, 0.2) is 4.90 Å². The molecule has 0 saturated heterocycles. The summed E-state index contributed by atoms with van der Waals surface area (Å²) in [6.45, 7) is 0.585. The van der Waals surface area contributed by atoms with Gasteiger partial charge in [-0.1, -0.05) is 12.1 Å². The minimum Gasteiger partial charge on any atom is -0.330 e. The topological polar surface area (TPSA) is 107 Å². The molecule has 0 aliphatic heterocycles. The van der Waals surface area contributed by atoms with Crippen molar-refractivity contribution in [3.63, 3.8) is 0 Å². The fourth-order valence-corrected chi connectivity index (χ4v) is 2.79. The van der Waals surface area contributed by atoms with Gasteiger partial charge in [-0.15, -0.1) is 12.4 Å². The van der Waals surface area contributed by atoms with Crippen LogP contribution in [0.1, 0.15) is 6.42 Å². The summed E-state index contributed by atoms with van der Waals surface area (Å²) in [5, 5.41) is 10.8. The zero-order valence-electron chi connectivity index (χ0n) is 10.4. The smallest absolute Gasteiger partial charge is 0.289 e. The first-order valence-corrected chi connectivity index (χ1v) is 6.75. The van der Waals surface area contributed by atoms with E-state index in [0.29, 0.717) is 13.0 Å².